The number of halogens is 1. The van der Waals surface area contributed by atoms with E-state index in [1.54, 1.807) is 12.1 Å². The summed E-state index contributed by atoms with van der Waals surface area (Å²) in [6.45, 7) is 3.91. The van der Waals surface area contributed by atoms with Gasteiger partial charge >= 0.3 is 0 Å². The van der Waals surface area contributed by atoms with Gasteiger partial charge in [0.1, 0.15) is 5.82 Å². The number of rotatable bonds is 6. The fourth-order valence-corrected chi connectivity index (χ4v) is 3.04. The van der Waals surface area contributed by atoms with Crippen LogP contribution in [-0.2, 0) is 16.0 Å². The molecule has 2 aromatic rings. The molecule has 1 saturated heterocycles. The fraction of sp³-hybridized carbons (Fsp3) is 0.350. The monoisotopic (exact) mass is 342 g/mol. The predicted molar refractivity (Wildman–Crippen MR) is 94.7 cm³/mol. The molecule has 132 valence electrons. The molecule has 4 nitrogen and oxygen atoms in total. The highest BCUT2D eigenvalue weighted by atomic mass is 19.1. The standard InChI is InChI=1S/C20H23FN2O2/c21-18-8-4-5-16(13-18)14-20(24)22-19(17-6-2-1-3-7-17)15-23-9-11-25-12-10-23/h1-8,13,19H,9-12,14-15H2,(H,22,24). The summed E-state index contributed by atoms with van der Waals surface area (Å²) >= 11 is 0. The molecular weight excluding hydrogens is 319 g/mol. The Bertz CT molecular complexity index is 687. The molecule has 0 aliphatic carbocycles. The number of morpholine rings is 1. The number of hydrogen-bond acceptors (Lipinski definition) is 3. The van der Waals surface area contributed by atoms with Gasteiger partial charge in [0.2, 0.25) is 5.91 Å². The van der Waals surface area contributed by atoms with Crippen molar-refractivity contribution in [1.29, 1.82) is 0 Å². The zero-order valence-corrected chi connectivity index (χ0v) is 14.2. The number of amides is 1. The summed E-state index contributed by atoms with van der Waals surface area (Å²) in [5.41, 5.74) is 1.75. The van der Waals surface area contributed by atoms with Crippen molar-refractivity contribution in [3.63, 3.8) is 0 Å². The minimum absolute atomic E-state index is 0.0969. The minimum atomic E-state index is -0.321. The van der Waals surface area contributed by atoms with Crippen LogP contribution in [0.5, 0.6) is 0 Å². The average molecular weight is 342 g/mol. The summed E-state index contributed by atoms with van der Waals surface area (Å²) in [4.78, 5) is 14.8. The molecule has 1 N–H and O–H groups in total. The number of carbonyl (C=O) groups excluding carboxylic acids is 1. The molecule has 1 amide bonds. The normalized spacial score (nSPS) is 16.4. The lowest BCUT2D eigenvalue weighted by Gasteiger charge is -2.31. The van der Waals surface area contributed by atoms with Gasteiger partial charge in [0.25, 0.3) is 0 Å². The maximum atomic E-state index is 13.3. The fourth-order valence-electron chi connectivity index (χ4n) is 3.04. The van der Waals surface area contributed by atoms with Crippen molar-refractivity contribution in [2.45, 2.75) is 12.5 Å². The van der Waals surface area contributed by atoms with E-state index in [1.807, 2.05) is 30.3 Å². The van der Waals surface area contributed by atoms with Crippen molar-refractivity contribution in [3.8, 4) is 0 Å². The molecule has 1 fully saturated rings. The van der Waals surface area contributed by atoms with Gasteiger partial charge in [-0.25, -0.2) is 4.39 Å². The van der Waals surface area contributed by atoms with Crippen LogP contribution in [0.1, 0.15) is 17.2 Å². The molecule has 0 aromatic heterocycles. The van der Waals surface area contributed by atoms with E-state index in [4.69, 9.17) is 4.74 Å². The Labute approximate surface area is 147 Å². The van der Waals surface area contributed by atoms with E-state index < -0.39 is 0 Å². The molecule has 1 aliphatic heterocycles. The number of hydrogen-bond donors (Lipinski definition) is 1. The summed E-state index contributed by atoms with van der Waals surface area (Å²) in [6, 6.07) is 16.0. The highest BCUT2D eigenvalue weighted by molar-refractivity contribution is 5.79. The largest absolute Gasteiger partial charge is 0.379 e. The van der Waals surface area contributed by atoms with E-state index in [0.29, 0.717) is 5.56 Å². The molecular formula is C20H23FN2O2. The first-order chi connectivity index (χ1) is 12.2. The third-order valence-corrected chi connectivity index (χ3v) is 4.34. The van der Waals surface area contributed by atoms with Crippen molar-refractivity contribution >= 4 is 5.91 Å². The lowest BCUT2D eigenvalue weighted by molar-refractivity contribution is -0.121. The first kappa shape index (κ1) is 17.6. The van der Waals surface area contributed by atoms with E-state index >= 15 is 0 Å². The number of carbonyl (C=O) groups is 1. The topological polar surface area (TPSA) is 41.6 Å². The van der Waals surface area contributed by atoms with E-state index in [-0.39, 0.29) is 24.2 Å². The summed E-state index contributed by atoms with van der Waals surface area (Å²) in [7, 11) is 0. The Kier molecular flexibility index (Phi) is 6.14. The van der Waals surface area contributed by atoms with Crippen LogP contribution in [-0.4, -0.2) is 43.7 Å². The Morgan fingerprint density at radius 1 is 1.12 bits per heavy atom. The van der Waals surface area contributed by atoms with Gasteiger partial charge in [0.05, 0.1) is 25.7 Å². The molecule has 1 unspecified atom stereocenters. The zero-order chi connectivity index (χ0) is 17.5. The maximum Gasteiger partial charge on any atom is 0.224 e. The van der Waals surface area contributed by atoms with Gasteiger partial charge in [-0.3, -0.25) is 9.69 Å². The van der Waals surface area contributed by atoms with Crippen molar-refractivity contribution in [3.05, 3.63) is 71.5 Å². The third-order valence-electron chi connectivity index (χ3n) is 4.34. The quantitative estimate of drug-likeness (QED) is 0.877. The highest BCUT2D eigenvalue weighted by Gasteiger charge is 2.20. The molecule has 0 spiro atoms. The number of nitrogens with one attached hydrogen (secondary N) is 1. The average Bonchev–Trinajstić information content (AvgIpc) is 2.63. The number of benzene rings is 2. The van der Waals surface area contributed by atoms with Crippen LogP contribution in [0.3, 0.4) is 0 Å². The number of ether oxygens (including phenoxy) is 1. The summed E-state index contributed by atoms with van der Waals surface area (Å²) in [6.07, 6.45) is 0.171. The molecule has 3 rings (SSSR count). The smallest absolute Gasteiger partial charge is 0.224 e. The van der Waals surface area contributed by atoms with E-state index in [1.165, 1.54) is 12.1 Å². The van der Waals surface area contributed by atoms with E-state index in [0.717, 1.165) is 38.4 Å². The Morgan fingerprint density at radius 3 is 2.60 bits per heavy atom. The molecule has 2 aromatic carbocycles. The van der Waals surface area contributed by atoms with Gasteiger partial charge in [-0.2, -0.15) is 0 Å². The van der Waals surface area contributed by atoms with Gasteiger partial charge in [-0.1, -0.05) is 42.5 Å². The first-order valence-corrected chi connectivity index (χ1v) is 8.59. The van der Waals surface area contributed by atoms with Crippen LogP contribution >= 0.6 is 0 Å². The Morgan fingerprint density at radius 2 is 1.88 bits per heavy atom. The molecule has 0 radical (unpaired) electrons. The van der Waals surface area contributed by atoms with Crippen LogP contribution in [0.25, 0.3) is 0 Å². The lowest BCUT2D eigenvalue weighted by Crippen LogP contribution is -2.43. The van der Waals surface area contributed by atoms with Crippen molar-refractivity contribution in [2.24, 2.45) is 0 Å². The Hall–Kier alpha value is -2.24. The Balaban J connectivity index is 1.67. The minimum Gasteiger partial charge on any atom is -0.379 e. The van der Waals surface area contributed by atoms with Gasteiger partial charge in [-0.05, 0) is 23.3 Å². The predicted octanol–water partition coefficient (Wildman–Crippen LogP) is 2.56. The van der Waals surface area contributed by atoms with Crippen LogP contribution < -0.4 is 5.32 Å². The SMILES string of the molecule is O=C(Cc1cccc(F)c1)NC(CN1CCOCC1)c1ccccc1. The maximum absolute atomic E-state index is 13.3. The first-order valence-electron chi connectivity index (χ1n) is 8.59. The molecule has 1 aliphatic rings. The van der Waals surface area contributed by atoms with Gasteiger partial charge in [-0.15, -0.1) is 0 Å². The molecule has 0 saturated carbocycles. The second-order valence-electron chi connectivity index (χ2n) is 6.25. The lowest BCUT2D eigenvalue weighted by atomic mass is 10.0. The summed E-state index contributed by atoms with van der Waals surface area (Å²) in [5.74, 6) is -0.425. The van der Waals surface area contributed by atoms with Crippen molar-refractivity contribution in [2.75, 3.05) is 32.8 Å². The van der Waals surface area contributed by atoms with Crippen LogP contribution in [0.4, 0.5) is 4.39 Å². The van der Waals surface area contributed by atoms with Crippen LogP contribution in [0.15, 0.2) is 54.6 Å². The molecule has 0 bridgehead atoms. The van der Waals surface area contributed by atoms with Crippen LogP contribution in [0.2, 0.25) is 0 Å². The molecule has 5 heteroatoms. The molecule has 1 atom stereocenters. The van der Waals surface area contributed by atoms with E-state index in [9.17, 15) is 9.18 Å². The number of nitrogens with zero attached hydrogens (tertiary/aromatic N) is 1. The van der Waals surface area contributed by atoms with Crippen molar-refractivity contribution in [1.82, 2.24) is 10.2 Å². The van der Waals surface area contributed by atoms with Crippen LogP contribution in [0, 0.1) is 5.82 Å². The second-order valence-corrected chi connectivity index (χ2v) is 6.25. The highest BCUT2D eigenvalue weighted by Crippen LogP contribution is 2.16. The molecule has 1 heterocycles. The van der Waals surface area contributed by atoms with Gasteiger partial charge in [0.15, 0.2) is 0 Å². The van der Waals surface area contributed by atoms with E-state index in [2.05, 4.69) is 10.2 Å². The van der Waals surface area contributed by atoms with Gasteiger partial charge < -0.3 is 10.1 Å². The second kappa shape index (κ2) is 8.74. The summed E-state index contributed by atoms with van der Waals surface area (Å²) in [5, 5.41) is 3.10. The zero-order valence-electron chi connectivity index (χ0n) is 14.2. The van der Waals surface area contributed by atoms with Crippen molar-refractivity contribution < 1.29 is 13.9 Å². The third kappa shape index (κ3) is 5.37. The summed E-state index contributed by atoms with van der Waals surface area (Å²) < 4.78 is 18.7. The van der Waals surface area contributed by atoms with Gasteiger partial charge in [0, 0.05) is 19.6 Å². The molecule has 25 heavy (non-hydrogen) atoms.